The quantitative estimate of drug-likeness (QED) is 0.939. The normalized spacial score (nSPS) is 20.8. The van der Waals surface area contributed by atoms with Gasteiger partial charge in [-0.05, 0) is 49.4 Å². The van der Waals surface area contributed by atoms with Gasteiger partial charge < -0.3 is 5.11 Å². The molecule has 2 aromatic rings. The lowest BCUT2D eigenvalue weighted by Crippen LogP contribution is -2.41. The molecule has 3 heteroatoms. The van der Waals surface area contributed by atoms with E-state index in [2.05, 4.69) is 11.1 Å². The molecule has 1 aliphatic rings. The summed E-state index contributed by atoms with van der Waals surface area (Å²) in [6, 6.07) is 13.8. The van der Waals surface area contributed by atoms with E-state index in [1.165, 1.54) is 5.56 Å². The van der Waals surface area contributed by atoms with E-state index in [-0.39, 0.29) is 0 Å². The molecule has 0 spiro atoms. The standard InChI is InChI=1S/C18H19NO2/c1-13-6-4-9-15(19-13)12-18(17(20)21)11-5-8-14-7-2-3-10-16(14)18/h2-4,6-7,9-10H,5,8,11-12H2,1H3,(H,20,21). The highest BCUT2D eigenvalue weighted by atomic mass is 16.4. The van der Waals surface area contributed by atoms with Gasteiger partial charge in [-0.25, -0.2) is 0 Å². The molecule has 3 nitrogen and oxygen atoms in total. The van der Waals surface area contributed by atoms with Crippen molar-refractivity contribution in [2.24, 2.45) is 0 Å². The number of carbonyl (C=O) groups is 1. The summed E-state index contributed by atoms with van der Waals surface area (Å²) < 4.78 is 0. The summed E-state index contributed by atoms with van der Waals surface area (Å²) in [7, 11) is 0. The number of hydrogen-bond donors (Lipinski definition) is 1. The van der Waals surface area contributed by atoms with Crippen molar-refractivity contribution in [3.05, 3.63) is 65.0 Å². The van der Waals surface area contributed by atoms with Crippen LogP contribution in [0.25, 0.3) is 0 Å². The second kappa shape index (κ2) is 5.32. The van der Waals surface area contributed by atoms with Crippen LogP contribution in [0.2, 0.25) is 0 Å². The Labute approximate surface area is 124 Å². The first-order valence-corrected chi connectivity index (χ1v) is 7.36. The van der Waals surface area contributed by atoms with Crippen LogP contribution in [0.15, 0.2) is 42.5 Å². The van der Waals surface area contributed by atoms with Crippen LogP contribution in [0.3, 0.4) is 0 Å². The third kappa shape index (κ3) is 2.44. The van der Waals surface area contributed by atoms with Crippen LogP contribution in [-0.2, 0) is 23.1 Å². The molecule has 1 aliphatic carbocycles. The predicted molar refractivity (Wildman–Crippen MR) is 81.4 cm³/mol. The van der Waals surface area contributed by atoms with Gasteiger partial charge in [0.25, 0.3) is 0 Å². The molecule has 1 heterocycles. The van der Waals surface area contributed by atoms with E-state index in [4.69, 9.17) is 0 Å². The van der Waals surface area contributed by atoms with Crippen molar-refractivity contribution in [2.75, 3.05) is 0 Å². The van der Waals surface area contributed by atoms with E-state index in [9.17, 15) is 9.90 Å². The van der Waals surface area contributed by atoms with Gasteiger partial charge in [0.15, 0.2) is 0 Å². The van der Waals surface area contributed by atoms with Gasteiger partial charge in [0.2, 0.25) is 0 Å². The van der Waals surface area contributed by atoms with Crippen LogP contribution in [0.1, 0.15) is 35.4 Å². The highest BCUT2D eigenvalue weighted by molar-refractivity contribution is 5.82. The number of carboxylic acids is 1. The Bertz CT molecular complexity index is 680. The maximum atomic E-state index is 12.1. The Morgan fingerprint density at radius 2 is 2.05 bits per heavy atom. The fourth-order valence-corrected chi connectivity index (χ4v) is 3.41. The van der Waals surface area contributed by atoms with E-state index in [1.807, 2.05) is 43.3 Å². The van der Waals surface area contributed by atoms with Crippen LogP contribution in [-0.4, -0.2) is 16.1 Å². The molecular formula is C18H19NO2. The summed E-state index contributed by atoms with van der Waals surface area (Å²) in [4.78, 5) is 16.6. The van der Waals surface area contributed by atoms with Crippen molar-refractivity contribution in [3.63, 3.8) is 0 Å². The van der Waals surface area contributed by atoms with Gasteiger partial charge in [-0.15, -0.1) is 0 Å². The number of aryl methyl sites for hydroxylation is 2. The Morgan fingerprint density at radius 1 is 1.24 bits per heavy atom. The van der Waals surface area contributed by atoms with Gasteiger partial charge in [-0.3, -0.25) is 9.78 Å². The molecule has 0 saturated carbocycles. The second-order valence-electron chi connectivity index (χ2n) is 5.85. The van der Waals surface area contributed by atoms with Crippen LogP contribution in [0.4, 0.5) is 0 Å². The van der Waals surface area contributed by atoms with Crippen LogP contribution < -0.4 is 0 Å². The average molecular weight is 281 g/mol. The maximum absolute atomic E-state index is 12.1. The van der Waals surface area contributed by atoms with Crippen molar-refractivity contribution >= 4 is 5.97 Å². The summed E-state index contributed by atoms with van der Waals surface area (Å²) in [5.74, 6) is -0.738. The van der Waals surface area contributed by atoms with Crippen LogP contribution in [0.5, 0.6) is 0 Å². The molecule has 0 radical (unpaired) electrons. The van der Waals surface area contributed by atoms with E-state index >= 15 is 0 Å². The minimum Gasteiger partial charge on any atom is -0.481 e. The number of benzene rings is 1. The molecule has 21 heavy (non-hydrogen) atoms. The number of rotatable bonds is 3. The van der Waals surface area contributed by atoms with Crippen molar-refractivity contribution in [2.45, 2.75) is 38.0 Å². The van der Waals surface area contributed by atoms with E-state index < -0.39 is 11.4 Å². The number of aromatic nitrogens is 1. The molecule has 1 atom stereocenters. The predicted octanol–water partition coefficient (Wildman–Crippen LogP) is 3.29. The topological polar surface area (TPSA) is 50.2 Å². The Morgan fingerprint density at radius 3 is 2.81 bits per heavy atom. The Hall–Kier alpha value is -2.16. The molecule has 108 valence electrons. The summed E-state index contributed by atoms with van der Waals surface area (Å²) in [6.45, 7) is 1.94. The van der Waals surface area contributed by atoms with Crippen molar-refractivity contribution in [1.82, 2.24) is 4.98 Å². The molecule has 0 fully saturated rings. The molecule has 1 N–H and O–H groups in total. The smallest absolute Gasteiger partial charge is 0.314 e. The fourth-order valence-electron chi connectivity index (χ4n) is 3.41. The molecule has 1 unspecified atom stereocenters. The lowest BCUT2D eigenvalue weighted by molar-refractivity contribution is -0.144. The molecule has 0 amide bonds. The molecule has 3 rings (SSSR count). The Kier molecular flexibility index (Phi) is 3.50. The van der Waals surface area contributed by atoms with Crippen LogP contribution >= 0.6 is 0 Å². The van der Waals surface area contributed by atoms with Gasteiger partial charge >= 0.3 is 5.97 Å². The van der Waals surface area contributed by atoms with Gasteiger partial charge in [-0.2, -0.15) is 0 Å². The van der Waals surface area contributed by atoms with Crippen molar-refractivity contribution in [1.29, 1.82) is 0 Å². The van der Waals surface area contributed by atoms with Gasteiger partial charge in [0.05, 0.1) is 5.41 Å². The summed E-state index contributed by atoms with van der Waals surface area (Å²) in [5.41, 5.74) is 3.08. The van der Waals surface area contributed by atoms with E-state index in [1.54, 1.807) is 0 Å². The third-order valence-electron chi connectivity index (χ3n) is 4.42. The first-order chi connectivity index (χ1) is 10.1. The van der Waals surface area contributed by atoms with E-state index in [0.717, 1.165) is 29.8 Å². The summed E-state index contributed by atoms with van der Waals surface area (Å²) in [6.07, 6.45) is 3.01. The fraction of sp³-hybridized carbons (Fsp3) is 0.333. The number of hydrogen-bond acceptors (Lipinski definition) is 2. The Balaban J connectivity index is 2.08. The molecule has 0 saturated heterocycles. The van der Waals surface area contributed by atoms with Crippen molar-refractivity contribution < 1.29 is 9.90 Å². The number of pyridine rings is 1. The minimum absolute atomic E-state index is 0.459. The third-order valence-corrected chi connectivity index (χ3v) is 4.42. The maximum Gasteiger partial charge on any atom is 0.314 e. The van der Waals surface area contributed by atoms with Crippen molar-refractivity contribution in [3.8, 4) is 0 Å². The average Bonchev–Trinajstić information content (AvgIpc) is 2.47. The monoisotopic (exact) mass is 281 g/mol. The second-order valence-corrected chi connectivity index (χ2v) is 5.85. The molecule has 0 bridgehead atoms. The molecule has 0 aliphatic heterocycles. The summed E-state index contributed by atoms with van der Waals surface area (Å²) in [5, 5.41) is 9.94. The van der Waals surface area contributed by atoms with E-state index in [0.29, 0.717) is 12.8 Å². The molecule has 1 aromatic heterocycles. The first kappa shape index (κ1) is 13.8. The highest BCUT2D eigenvalue weighted by Crippen LogP contribution is 2.40. The zero-order valence-corrected chi connectivity index (χ0v) is 12.2. The van der Waals surface area contributed by atoms with Gasteiger partial charge in [-0.1, -0.05) is 30.3 Å². The number of nitrogens with zero attached hydrogens (tertiary/aromatic N) is 1. The lowest BCUT2D eigenvalue weighted by atomic mass is 9.67. The zero-order valence-electron chi connectivity index (χ0n) is 12.2. The zero-order chi connectivity index (χ0) is 14.9. The number of carboxylic acid groups (broad SMARTS) is 1. The summed E-state index contributed by atoms with van der Waals surface area (Å²) >= 11 is 0. The number of aliphatic carboxylic acids is 1. The SMILES string of the molecule is Cc1cccc(CC2(C(=O)O)CCCc3ccccc32)n1. The van der Waals surface area contributed by atoms with Gasteiger partial charge in [0.1, 0.15) is 0 Å². The lowest BCUT2D eigenvalue weighted by Gasteiger charge is -2.35. The highest BCUT2D eigenvalue weighted by Gasteiger charge is 2.43. The van der Waals surface area contributed by atoms with Gasteiger partial charge in [0, 0.05) is 17.8 Å². The largest absolute Gasteiger partial charge is 0.481 e. The van der Waals surface area contributed by atoms with Crippen LogP contribution in [0, 0.1) is 6.92 Å². The molecule has 1 aromatic carbocycles. The molecular weight excluding hydrogens is 262 g/mol. The minimum atomic E-state index is -0.838. The number of fused-ring (bicyclic) bond motifs is 1. The first-order valence-electron chi connectivity index (χ1n) is 7.36.